The van der Waals surface area contributed by atoms with Crippen LogP contribution >= 0.6 is 0 Å². The highest BCUT2D eigenvalue weighted by molar-refractivity contribution is 5.67. The zero-order valence-corrected chi connectivity index (χ0v) is 11.1. The highest BCUT2D eigenvalue weighted by atomic mass is 16.5. The van der Waals surface area contributed by atoms with Gasteiger partial charge in [0, 0.05) is 6.04 Å². The fourth-order valence-corrected chi connectivity index (χ4v) is 1.69. The van der Waals surface area contributed by atoms with Gasteiger partial charge in [-0.05, 0) is 17.0 Å². The Bertz CT molecular complexity index is 410. The normalized spacial score (nSPS) is 13.1. The molecule has 1 unspecified atom stereocenters. The summed E-state index contributed by atoms with van der Waals surface area (Å²) in [4.78, 5) is 10.5. The molecule has 0 bridgehead atoms. The largest absolute Gasteiger partial charge is 0.492 e. The lowest BCUT2D eigenvalue weighted by molar-refractivity contribution is -0.137. The van der Waals surface area contributed by atoms with Crippen molar-refractivity contribution in [3.63, 3.8) is 0 Å². The van der Waals surface area contributed by atoms with Crippen molar-refractivity contribution >= 4 is 5.97 Å². The van der Waals surface area contributed by atoms with Gasteiger partial charge in [-0.25, -0.2) is 0 Å². The second-order valence-electron chi connectivity index (χ2n) is 5.42. The second-order valence-corrected chi connectivity index (χ2v) is 5.42. The summed E-state index contributed by atoms with van der Waals surface area (Å²) in [5.41, 5.74) is 6.75. The molecule has 0 saturated carbocycles. The van der Waals surface area contributed by atoms with Crippen molar-refractivity contribution in [1.29, 1.82) is 0 Å². The number of carbonyl (C=O) groups is 1. The predicted octanol–water partition coefficient (Wildman–Crippen LogP) is 2.16. The first-order valence-electron chi connectivity index (χ1n) is 6.00. The molecule has 1 aromatic carbocycles. The molecule has 100 valence electrons. The van der Waals surface area contributed by atoms with Crippen LogP contribution in [-0.4, -0.2) is 23.7 Å². The number of hydrogen-bond donors (Lipinski definition) is 2. The molecule has 0 radical (unpaired) electrons. The number of carboxylic acids is 1. The summed E-state index contributed by atoms with van der Waals surface area (Å²) in [6, 6.07) is 7.26. The van der Waals surface area contributed by atoms with Crippen molar-refractivity contribution in [2.24, 2.45) is 5.73 Å². The second kappa shape index (κ2) is 5.87. The summed E-state index contributed by atoms with van der Waals surface area (Å²) >= 11 is 0. The molecule has 1 atom stereocenters. The lowest BCUT2D eigenvalue weighted by atomic mass is 9.86. The third-order valence-corrected chi connectivity index (χ3v) is 2.58. The first kappa shape index (κ1) is 14.5. The lowest BCUT2D eigenvalue weighted by Crippen LogP contribution is -2.31. The van der Waals surface area contributed by atoms with Crippen LogP contribution < -0.4 is 10.5 Å². The quantitative estimate of drug-likeness (QED) is 0.841. The summed E-state index contributed by atoms with van der Waals surface area (Å²) < 4.78 is 5.64. The van der Waals surface area contributed by atoms with E-state index in [0.29, 0.717) is 0 Å². The van der Waals surface area contributed by atoms with Crippen LogP contribution in [0.4, 0.5) is 0 Å². The van der Waals surface area contributed by atoms with Gasteiger partial charge in [-0.2, -0.15) is 0 Å². The maximum atomic E-state index is 10.5. The van der Waals surface area contributed by atoms with E-state index in [9.17, 15) is 4.79 Å². The molecule has 0 heterocycles. The van der Waals surface area contributed by atoms with Crippen molar-refractivity contribution < 1.29 is 14.6 Å². The summed E-state index contributed by atoms with van der Waals surface area (Å²) in [6.45, 7) is 6.52. The molecule has 1 aromatic rings. The third kappa shape index (κ3) is 4.37. The summed E-state index contributed by atoms with van der Waals surface area (Å²) in [7, 11) is 0. The number of hydrogen-bond acceptors (Lipinski definition) is 3. The monoisotopic (exact) mass is 251 g/mol. The van der Waals surface area contributed by atoms with Crippen LogP contribution in [0.5, 0.6) is 5.75 Å². The minimum Gasteiger partial charge on any atom is -0.492 e. The highest BCUT2D eigenvalue weighted by Gasteiger charge is 2.19. The standard InChI is InChI=1S/C14H21NO3/c1-14(2,3)11-6-4-5-7-12(11)18-9-10(15)8-13(16)17/h4-7,10H,8-9,15H2,1-3H3,(H,16,17). The van der Waals surface area contributed by atoms with Crippen molar-refractivity contribution in [2.45, 2.75) is 38.6 Å². The summed E-state index contributed by atoms with van der Waals surface area (Å²) in [5.74, 6) is -0.138. The first-order valence-corrected chi connectivity index (χ1v) is 6.00. The van der Waals surface area contributed by atoms with Crippen LogP contribution in [-0.2, 0) is 10.2 Å². The molecule has 0 aliphatic rings. The minimum absolute atomic E-state index is 0.0204. The van der Waals surface area contributed by atoms with E-state index in [2.05, 4.69) is 20.8 Å². The van der Waals surface area contributed by atoms with E-state index in [1.54, 1.807) is 0 Å². The molecule has 4 heteroatoms. The minimum atomic E-state index is -0.907. The number of rotatable bonds is 5. The molecule has 0 saturated heterocycles. The SMILES string of the molecule is CC(C)(C)c1ccccc1OCC(N)CC(=O)O. The number of aliphatic carboxylic acids is 1. The molecular formula is C14H21NO3. The van der Waals surface area contributed by atoms with Gasteiger partial charge >= 0.3 is 5.97 Å². The Morgan fingerprint density at radius 1 is 1.39 bits per heavy atom. The van der Waals surface area contributed by atoms with Crippen molar-refractivity contribution in [3.05, 3.63) is 29.8 Å². The Hall–Kier alpha value is -1.55. The van der Waals surface area contributed by atoms with E-state index in [-0.39, 0.29) is 18.4 Å². The zero-order valence-electron chi connectivity index (χ0n) is 11.1. The van der Waals surface area contributed by atoms with Crippen LogP contribution in [0.25, 0.3) is 0 Å². The number of para-hydroxylation sites is 1. The van der Waals surface area contributed by atoms with E-state index in [4.69, 9.17) is 15.6 Å². The van der Waals surface area contributed by atoms with Gasteiger partial charge in [-0.1, -0.05) is 39.0 Å². The summed E-state index contributed by atoms with van der Waals surface area (Å²) in [6.07, 6.45) is -0.0856. The van der Waals surface area contributed by atoms with E-state index in [1.807, 2.05) is 24.3 Å². The molecule has 0 spiro atoms. The van der Waals surface area contributed by atoms with Gasteiger partial charge in [0.05, 0.1) is 6.42 Å². The molecule has 0 fully saturated rings. The Labute approximate surface area is 108 Å². The van der Waals surface area contributed by atoms with Gasteiger partial charge < -0.3 is 15.6 Å². The van der Waals surface area contributed by atoms with Gasteiger partial charge in [0.1, 0.15) is 12.4 Å². The lowest BCUT2D eigenvalue weighted by Gasteiger charge is -2.23. The van der Waals surface area contributed by atoms with E-state index in [0.717, 1.165) is 11.3 Å². The van der Waals surface area contributed by atoms with E-state index < -0.39 is 12.0 Å². The van der Waals surface area contributed by atoms with Crippen LogP contribution in [0.15, 0.2) is 24.3 Å². The van der Waals surface area contributed by atoms with Crippen LogP contribution in [0.3, 0.4) is 0 Å². The summed E-state index contributed by atoms with van der Waals surface area (Å²) in [5, 5.41) is 8.63. The van der Waals surface area contributed by atoms with Gasteiger partial charge in [0.25, 0.3) is 0 Å². The first-order chi connectivity index (χ1) is 8.30. The van der Waals surface area contributed by atoms with Crippen molar-refractivity contribution in [3.8, 4) is 5.75 Å². The third-order valence-electron chi connectivity index (χ3n) is 2.58. The molecule has 3 N–H and O–H groups in total. The maximum absolute atomic E-state index is 10.5. The molecule has 18 heavy (non-hydrogen) atoms. The zero-order chi connectivity index (χ0) is 13.8. The van der Waals surface area contributed by atoms with Crippen LogP contribution in [0.2, 0.25) is 0 Å². The fraction of sp³-hybridized carbons (Fsp3) is 0.500. The molecule has 0 amide bonds. The van der Waals surface area contributed by atoms with Gasteiger partial charge in [-0.3, -0.25) is 4.79 Å². The van der Waals surface area contributed by atoms with Gasteiger partial charge in [0.15, 0.2) is 0 Å². The highest BCUT2D eigenvalue weighted by Crippen LogP contribution is 2.30. The number of benzene rings is 1. The topological polar surface area (TPSA) is 72.5 Å². The van der Waals surface area contributed by atoms with E-state index >= 15 is 0 Å². The molecular weight excluding hydrogens is 230 g/mol. The average Bonchev–Trinajstić information content (AvgIpc) is 2.24. The molecule has 1 rings (SSSR count). The van der Waals surface area contributed by atoms with Crippen molar-refractivity contribution in [1.82, 2.24) is 0 Å². The maximum Gasteiger partial charge on any atom is 0.305 e. The predicted molar refractivity (Wildman–Crippen MR) is 70.9 cm³/mol. The Balaban J connectivity index is 2.71. The Morgan fingerprint density at radius 3 is 2.56 bits per heavy atom. The van der Waals surface area contributed by atoms with Crippen molar-refractivity contribution in [2.75, 3.05) is 6.61 Å². The molecule has 0 aliphatic heterocycles. The number of nitrogens with two attached hydrogens (primary N) is 1. The smallest absolute Gasteiger partial charge is 0.305 e. The Kier molecular flexibility index (Phi) is 4.73. The van der Waals surface area contributed by atoms with Gasteiger partial charge in [-0.15, -0.1) is 0 Å². The van der Waals surface area contributed by atoms with Crippen LogP contribution in [0, 0.1) is 0 Å². The number of carboxylic acid groups (broad SMARTS) is 1. The molecule has 4 nitrogen and oxygen atoms in total. The van der Waals surface area contributed by atoms with E-state index in [1.165, 1.54) is 0 Å². The van der Waals surface area contributed by atoms with Gasteiger partial charge in [0.2, 0.25) is 0 Å². The average molecular weight is 251 g/mol. The molecule has 0 aromatic heterocycles. The van der Waals surface area contributed by atoms with Crippen LogP contribution in [0.1, 0.15) is 32.8 Å². The Morgan fingerprint density at radius 2 is 2.00 bits per heavy atom. The fourth-order valence-electron chi connectivity index (χ4n) is 1.69. The molecule has 0 aliphatic carbocycles. The number of ether oxygens (including phenoxy) is 1.